The lowest BCUT2D eigenvalue weighted by atomic mass is 9.90. The molecule has 0 spiro atoms. The fraction of sp³-hybridized carbons (Fsp3) is 0.588. The molecule has 1 N–H and O–H groups in total. The maximum absolute atomic E-state index is 11.6. The van der Waals surface area contributed by atoms with E-state index < -0.39 is 5.97 Å². The van der Waals surface area contributed by atoms with E-state index in [4.69, 9.17) is 0 Å². The van der Waals surface area contributed by atoms with E-state index in [1.807, 2.05) is 12.1 Å². The summed E-state index contributed by atoms with van der Waals surface area (Å²) in [5.74, 6) is -0.684. The maximum atomic E-state index is 11.6. The number of carboxylic acid groups (broad SMARTS) is 1. The molecule has 1 unspecified atom stereocenters. The number of aliphatic carboxylic acids is 1. The van der Waals surface area contributed by atoms with E-state index in [0.717, 1.165) is 32.2 Å². The van der Waals surface area contributed by atoms with Crippen molar-refractivity contribution in [2.24, 2.45) is 0 Å². The molecular formula is C17H25NO2. The van der Waals surface area contributed by atoms with Gasteiger partial charge in [0.2, 0.25) is 0 Å². The second kappa shape index (κ2) is 6.89. The Morgan fingerprint density at radius 2 is 1.85 bits per heavy atom. The molecule has 2 rings (SSSR count). The smallest absolute Gasteiger partial charge is 0.321 e. The van der Waals surface area contributed by atoms with Crippen molar-refractivity contribution in [1.82, 2.24) is 4.90 Å². The van der Waals surface area contributed by atoms with Crippen molar-refractivity contribution in [3.05, 3.63) is 35.4 Å². The molecule has 0 radical (unpaired) electrons. The Bertz CT molecular complexity index is 452. The quantitative estimate of drug-likeness (QED) is 0.864. The predicted molar refractivity (Wildman–Crippen MR) is 80.7 cm³/mol. The number of fused-ring (bicyclic) bond motifs is 1. The summed E-state index contributed by atoms with van der Waals surface area (Å²) in [5.41, 5.74) is 2.49. The van der Waals surface area contributed by atoms with Gasteiger partial charge in [0.15, 0.2) is 0 Å². The minimum atomic E-state index is -0.684. The number of benzene rings is 1. The Morgan fingerprint density at radius 3 is 2.40 bits per heavy atom. The van der Waals surface area contributed by atoms with Gasteiger partial charge in [-0.25, -0.2) is 0 Å². The maximum Gasteiger partial charge on any atom is 0.321 e. The molecule has 3 heteroatoms. The van der Waals surface area contributed by atoms with Crippen molar-refractivity contribution in [2.45, 2.75) is 64.6 Å². The van der Waals surface area contributed by atoms with Crippen LogP contribution < -0.4 is 0 Å². The summed E-state index contributed by atoms with van der Waals surface area (Å²) in [4.78, 5) is 13.9. The van der Waals surface area contributed by atoms with Crippen molar-refractivity contribution in [3.8, 4) is 0 Å². The molecule has 0 amide bonds. The van der Waals surface area contributed by atoms with E-state index in [2.05, 4.69) is 30.9 Å². The van der Waals surface area contributed by atoms with E-state index in [9.17, 15) is 9.90 Å². The zero-order valence-electron chi connectivity index (χ0n) is 12.5. The van der Waals surface area contributed by atoms with E-state index >= 15 is 0 Å². The number of carbonyl (C=O) groups is 1. The molecule has 0 fully saturated rings. The molecule has 0 aliphatic carbocycles. The lowest BCUT2D eigenvalue weighted by Crippen LogP contribution is -2.50. The van der Waals surface area contributed by atoms with Crippen LogP contribution in [0.1, 0.15) is 50.7 Å². The number of hydrogen-bond acceptors (Lipinski definition) is 2. The van der Waals surface area contributed by atoms with Crippen LogP contribution >= 0.6 is 0 Å². The van der Waals surface area contributed by atoms with Gasteiger partial charge in [-0.05, 0) is 30.4 Å². The fourth-order valence-corrected chi connectivity index (χ4v) is 3.30. The van der Waals surface area contributed by atoms with E-state index in [0.29, 0.717) is 12.5 Å². The highest BCUT2D eigenvalue weighted by Crippen LogP contribution is 2.28. The van der Waals surface area contributed by atoms with Crippen molar-refractivity contribution >= 4 is 5.97 Å². The second-order valence-corrected chi connectivity index (χ2v) is 5.73. The molecule has 20 heavy (non-hydrogen) atoms. The molecule has 1 atom stereocenters. The molecule has 0 saturated heterocycles. The molecule has 0 saturated carbocycles. The van der Waals surface area contributed by atoms with Crippen molar-refractivity contribution < 1.29 is 9.90 Å². The predicted octanol–water partition coefficient (Wildman–Crippen LogP) is 3.47. The molecule has 1 heterocycles. The van der Waals surface area contributed by atoms with Crippen LogP contribution in [0.15, 0.2) is 24.3 Å². The summed E-state index contributed by atoms with van der Waals surface area (Å²) in [6.45, 7) is 5.13. The summed E-state index contributed by atoms with van der Waals surface area (Å²) in [7, 11) is 0. The van der Waals surface area contributed by atoms with Gasteiger partial charge in [-0.1, -0.05) is 51.0 Å². The van der Waals surface area contributed by atoms with Crippen LogP contribution in [0.2, 0.25) is 0 Å². The molecule has 1 aliphatic rings. The normalized spacial score (nSPS) is 19.1. The zero-order chi connectivity index (χ0) is 14.5. The Morgan fingerprint density at radius 1 is 1.25 bits per heavy atom. The SMILES string of the molecule is CCCC(CCC)N1Cc2ccccc2CC1C(=O)O. The fourth-order valence-electron chi connectivity index (χ4n) is 3.30. The average molecular weight is 275 g/mol. The van der Waals surface area contributed by atoms with Crippen molar-refractivity contribution in [2.75, 3.05) is 0 Å². The summed E-state index contributed by atoms with van der Waals surface area (Å²) in [5, 5.41) is 9.58. The highest BCUT2D eigenvalue weighted by Gasteiger charge is 2.34. The highest BCUT2D eigenvalue weighted by molar-refractivity contribution is 5.74. The van der Waals surface area contributed by atoms with Crippen molar-refractivity contribution in [1.29, 1.82) is 0 Å². The standard InChI is InChI=1S/C17H25NO2/c1-3-7-15(8-4-2)18-12-14-10-6-5-9-13(14)11-16(18)17(19)20/h5-6,9-10,15-16H,3-4,7-8,11-12H2,1-2H3,(H,19,20). The second-order valence-electron chi connectivity index (χ2n) is 5.73. The Balaban J connectivity index is 2.26. The minimum absolute atomic E-state index is 0.368. The highest BCUT2D eigenvalue weighted by atomic mass is 16.4. The van der Waals surface area contributed by atoms with Gasteiger partial charge in [0, 0.05) is 12.6 Å². The van der Waals surface area contributed by atoms with E-state index in [1.165, 1.54) is 11.1 Å². The summed E-state index contributed by atoms with van der Waals surface area (Å²) in [6.07, 6.45) is 5.01. The molecule has 0 bridgehead atoms. The van der Waals surface area contributed by atoms with Gasteiger partial charge in [-0.15, -0.1) is 0 Å². The lowest BCUT2D eigenvalue weighted by Gasteiger charge is -2.40. The number of rotatable bonds is 6. The van der Waals surface area contributed by atoms with Crippen LogP contribution in [-0.4, -0.2) is 28.1 Å². The van der Waals surface area contributed by atoms with Gasteiger partial charge in [0.1, 0.15) is 6.04 Å². The molecule has 1 aromatic carbocycles. The largest absolute Gasteiger partial charge is 0.480 e. The van der Waals surface area contributed by atoms with E-state index in [1.54, 1.807) is 0 Å². The van der Waals surface area contributed by atoms with Gasteiger partial charge in [-0.2, -0.15) is 0 Å². The monoisotopic (exact) mass is 275 g/mol. The first-order chi connectivity index (χ1) is 9.67. The Kier molecular flexibility index (Phi) is 5.18. The molecule has 1 aromatic rings. The number of nitrogens with zero attached hydrogens (tertiary/aromatic N) is 1. The van der Waals surface area contributed by atoms with Gasteiger partial charge in [-0.3, -0.25) is 9.69 Å². The van der Waals surface area contributed by atoms with Crippen LogP contribution in [0.5, 0.6) is 0 Å². The summed E-state index contributed by atoms with van der Waals surface area (Å²) < 4.78 is 0. The van der Waals surface area contributed by atoms with Crippen LogP contribution in [-0.2, 0) is 17.8 Å². The van der Waals surface area contributed by atoms with Gasteiger partial charge in [0.05, 0.1) is 0 Å². The van der Waals surface area contributed by atoms with Crippen LogP contribution in [0.3, 0.4) is 0 Å². The first kappa shape index (κ1) is 15.0. The average Bonchev–Trinajstić information content (AvgIpc) is 2.45. The van der Waals surface area contributed by atoms with Crippen LogP contribution in [0.25, 0.3) is 0 Å². The first-order valence-corrected chi connectivity index (χ1v) is 7.72. The summed E-state index contributed by atoms with van der Waals surface area (Å²) >= 11 is 0. The van der Waals surface area contributed by atoms with Crippen LogP contribution in [0.4, 0.5) is 0 Å². The Labute approximate surface area is 121 Å². The first-order valence-electron chi connectivity index (χ1n) is 7.72. The molecule has 1 aliphatic heterocycles. The number of hydrogen-bond donors (Lipinski definition) is 1. The zero-order valence-corrected chi connectivity index (χ0v) is 12.5. The molecule has 0 aromatic heterocycles. The Hall–Kier alpha value is -1.35. The lowest BCUT2D eigenvalue weighted by molar-refractivity contribution is -0.145. The third-order valence-corrected chi connectivity index (χ3v) is 4.28. The van der Waals surface area contributed by atoms with Gasteiger partial charge >= 0.3 is 5.97 Å². The number of carboxylic acids is 1. The third kappa shape index (κ3) is 3.21. The molecular weight excluding hydrogens is 250 g/mol. The van der Waals surface area contributed by atoms with Gasteiger partial charge < -0.3 is 5.11 Å². The van der Waals surface area contributed by atoms with E-state index in [-0.39, 0.29) is 6.04 Å². The minimum Gasteiger partial charge on any atom is -0.480 e. The third-order valence-electron chi connectivity index (χ3n) is 4.28. The molecule has 110 valence electrons. The molecule has 3 nitrogen and oxygen atoms in total. The summed E-state index contributed by atoms with van der Waals surface area (Å²) in [6, 6.07) is 8.27. The van der Waals surface area contributed by atoms with Crippen molar-refractivity contribution in [3.63, 3.8) is 0 Å². The van der Waals surface area contributed by atoms with Gasteiger partial charge in [0.25, 0.3) is 0 Å². The topological polar surface area (TPSA) is 40.5 Å². The van der Waals surface area contributed by atoms with Crippen LogP contribution in [0, 0.1) is 0 Å².